The fraction of sp³-hybridized carbons (Fsp3) is 0.154. The van der Waals surface area contributed by atoms with Crippen LogP contribution >= 0.6 is 11.6 Å². The van der Waals surface area contributed by atoms with Crippen molar-refractivity contribution in [3.8, 4) is 0 Å². The normalized spacial score (nSPS) is 10.4. The van der Waals surface area contributed by atoms with Crippen LogP contribution in [0.3, 0.4) is 0 Å². The number of para-hydroxylation sites is 1. The van der Waals surface area contributed by atoms with Crippen molar-refractivity contribution in [1.29, 1.82) is 0 Å². The van der Waals surface area contributed by atoms with Gasteiger partial charge in [-0.05, 0) is 23.8 Å². The summed E-state index contributed by atoms with van der Waals surface area (Å²) in [6.45, 7) is 0.371. The molecule has 2 N–H and O–H groups in total. The summed E-state index contributed by atoms with van der Waals surface area (Å²) in [5, 5.41) is 0.448. The van der Waals surface area contributed by atoms with E-state index in [1.807, 2.05) is 0 Å². The lowest BCUT2D eigenvalue weighted by atomic mass is 10.2. The number of halogens is 2. The van der Waals surface area contributed by atoms with Crippen molar-refractivity contribution >= 4 is 23.1 Å². The van der Waals surface area contributed by atoms with Gasteiger partial charge in [-0.15, -0.1) is 0 Å². The summed E-state index contributed by atoms with van der Waals surface area (Å²) in [4.78, 5) is 5.82. The number of anilines is 2. The largest absolute Gasteiger partial charge is 0.326 e. The van der Waals surface area contributed by atoms with Gasteiger partial charge in [-0.2, -0.15) is 0 Å². The maximum atomic E-state index is 13.7. The molecule has 0 atom stereocenters. The molecule has 0 fully saturated rings. The van der Waals surface area contributed by atoms with Crippen LogP contribution in [0, 0.1) is 5.82 Å². The van der Waals surface area contributed by atoms with Gasteiger partial charge in [0, 0.05) is 19.8 Å². The zero-order chi connectivity index (χ0) is 13.1. The molecule has 3 nitrogen and oxygen atoms in total. The molecule has 18 heavy (non-hydrogen) atoms. The second-order valence-electron chi connectivity index (χ2n) is 3.86. The Kier molecular flexibility index (Phi) is 3.79. The average molecular weight is 266 g/mol. The minimum Gasteiger partial charge on any atom is -0.326 e. The van der Waals surface area contributed by atoms with Gasteiger partial charge in [-0.3, -0.25) is 0 Å². The van der Waals surface area contributed by atoms with Gasteiger partial charge >= 0.3 is 0 Å². The van der Waals surface area contributed by atoms with Crippen LogP contribution in [0.25, 0.3) is 0 Å². The van der Waals surface area contributed by atoms with E-state index in [4.69, 9.17) is 17.3 Å². The second kappa shape index (κ2) is 5.33. The Morgan fingerprint density at radius 2 is 2.11 bits per heavy atom. The molecule has 0 saturated carbocycles. The van der Waals surface area contributed by atoms with Crippen LogP contribution in [-0.2, 0) is 6.54 Å². The van der Waals surface area contributed by atoms with E-state index in [-0.39, 0.29) is 5.82 Å². The topological polar surface area (TPSA) is 42.2 Å². The third-order valence-corrected chi connectivity index (χ3v) is 2.92. The molecule has 0 saturated heterocycles. The summed E-state index contributed by atoms with van der Waals surface area (Å²) in [6, 6.07) is 8.20. The standard InChI is InChI=1S/C13H13ClFN3/c1-18(12-5-3-2-4-11(12)15)13-10(14)6-9(7-16)8-17-13/h2-6,8H,7,16H2,1H3. The molecule has 5 heteroatoms. The Balaban J connectivity index is 2.40. The molecule has 0 amide bonds. The monoisotopic (exact) mass is 265 g/mol. The van der Waals surface area contributed by atoms with E-state index >= 15 is 0 Å². The first-order valence-corrected chi connectivity index (χ1v) is 5.84. The lowest BCUT2D eigenvalue weighted by Gasteiger charge is -2.20. The number of benzene rings is 1. The first kappa shape index (κ1) is 12.8. The fourth-order valence-electron chi connectivity index (χ4n) is 1.67. The maximum absolute atomic E-state index is 13.7. The molecule has 0 aliphatic rings. The van der Waals surface area contributed by atoms with Gasteiger partial charge in [0.25, 0.3) is 0 Å². The number of nitrogens with zero attached hydrogens (tertiary/aromatic N) is 2. The lowest BCUT2D eigenvalue weighted by Crippen LogP contribution is -2.13. The third-order valence-electron chi connectivity index (χ3n) is 2.65. The Morgan fingerprint density at radius 1 is 1.39 bits per heavy atom. The fourth-order valence-corrected chi connectivity index (χ4v) is 1.98. The SMILES string of the molecule is CN(c1ccccc1F)c1ncc(CN)cc1Cl. The third kappa shape index (κ3) is 2.44. The van der Waals surface area contributed by atoms with Crippen LogP contribution in [-0.4, -0.2) is 12.0 Å². The summed E-state index contributed by atoms with van der Waals surface area (Å²) in [5.74, 6) is 0.180. The molecule has 0 aliphatic heterocycles. The van der Waals surface area contributed by atoms with Gasteiger partial charge in [0.1, 0.15) is 5.82 Å². The predicted octanol–water partition coefficient (Wildman–Crippen LogP) is 3.10. The molecule has 1 heterocycles. The average Bonchev–Trinajstić information content (AvgIpc) is 2.38. The number of rotatable bonds is 3. The van der Waals surface area contributed by atoms with Crippen LogP contribution in [0.4, 0.5) is 15.9 Å². The van der Waals surface area contributed by atoms with Crippen molar-refractivity contribution in [1.82, 2.24) is 4.98 Å². The maximum Gasteiger partial charge on any atom is 0.151 e. The van der Waals surface area contributed by atoms with Crippen LogP contribution in [0.5, 0.6) is 0 Å². The van der Waals surface area contributed by atoms with E-state index in [9.17, 15) is 4.39 Å². The van der Waals surface area contributed by atoms with E-state index in [0.29, 0.717) is 23.1 Å². The summed E-state index contributed by atoms with van der Waals surface area (Å²) in [7, 11) is 1.72. The van der Waals surface area contributed by atoms with E-state index in [1.165, 1.54) is 6.07 Å². The molecule has 0 radical (unpaired) electrons. The molecule has 2 rings (SSSR count). The zero-order valence-corrected chi connectivity index (χ0v) is 10.7. The predicted molar refractivity (Wildman–Crippen MR) is 71.6 cm³/mol. The number of hydrogen-bond acceptors (Lipinski definition) is 3. The minimum absolute atomic E-state index is 0.319. The van der Waals surface area contributed by atoms with Gasteiger partial charge in [-0.1, -0.05) is 23.7 Å². The van der Waals surface area contributed by atoms with E-state index in [1.54, 1.807) is 42.4 Å². The van der Waals surface area contributed by atoms with Gasteiger partial charge in [0.05, 0.1) is 10.7 Å². The molecule has 2 aromatic rings. The van der Waals surface area contributed by atoms with E-state index < -0.39 is 0 Å². The molecular weight excluding hydrogens is 253 g/mol. The van der Waals surface area contributed by atoms with Crippen LogP contribution in [0.15, 0.2) is 36.5 Å². The molecule has 0 aliphatic carbocycles. The molecule has 1 aromatic carbocycles. The highest BCUT2D eigenvalue weighted by Gasteiger charge is 2.13. The summed E-state index contributed by atoms with van der Waals surface area (Å²) in [6.07, 6.45) is 1.64. The molecule has 1 aromatic heterocycles. The highest BCUT2D eigenvalue weighted by atomic mass is 35.5. The minimum atomic E-state index is -0.319. The van der Waals surface area contributed by atoms with Crippen molar-refractivity contribution in [3.05, 3.63) is 52.9 Å². The van der Waals surface area contributed by atoms with Gasteiger partial charge < -0.3 is 10.6 Å². The molecule has 0 unspecified atom stereocenters. The number of nitrogens with two attached hydrogens (primary N) is 1. The van der Waals surface area contributed by atoms with E-state index in [0.717, 1.165) is 5.56 Å². The lowest BCUT2D eigenvalue weighted by molar-refractivity contribution is 0.627. The Labute approximate surface area is 110 Å². The quantitative estimate of drug-likeness (QED) is 0.927. The summed E-state index contributed by atoms with van der Waals surface area (Å²) < 4.78 is 13.7. The molecule has 94 valence electrons. The van der Waals surface area contributed by atoms with Crippen LogP contribution in [0.1, 0.15) is 5.56 Å². The van der Waals surface area contributed by atoms with Gasteiger partial charge in [0.15, 0.2) is 5.82 Å². The Morgan fingerprint density at radius 3 is 2.72 bits per heavy atom. The summed E-state index contributed by atoms with van der Waals surface area (Å²) >= 11 is 6.12. The van der Waals surface area contributed by atoms with Crippen molar-refractivity contribution in [2.24, 2.45) is 5.73 Å². The zero-order valence-electron chi connectivity index (χ0n) is 9.90. The van der Waals surface area contributed by atoms with Crippen molar-refractivity contribution in [3.63, 3.8) is 0 Å². The van der Waals surface area contributed by atoms with Crippen molar-refractivity contribution in [2.75, 3.05) is 11.9 Å². The van der Waals surface area contributed by atoms with Gasteiger partial charge in [0.2, 0.25) is 0 Å². The highest BCUT2D eigenvalue weighted by Crippen LogP contribution is 2.30. The smallest absolute Gasteiger partial charge is 0.151 e. The van der Waals surface area contributed by atoms with Crippen LogP contribution < -0.4 is 10.6 Å². The number of pyridine rings is 1. The first-order valence-electron chi connectivity index (χ1n) is 5.46. The number of aromatic nitrogens is 1. The Bertz CT molecular complexity index is 560. The highest BCUT2D eigenvalue weighted by molar-refractivity contribution is 6.33. The molecule has 0 spiro atoms. The van der Waals surface area contributed by atoms with E-state index in [2.05, 4.69) is 4.98 Å². The summed E-state index contributed by atoms with van der Waals surface area (Å²) in [5.41, 5.74) is 6.77. The van der Waals surface area contributed by atoms with Gasteiger partial charge in [-0.25, -0.2) is 9.37 Å². The van der Waals surface area contributed by atoms with Crippen molar-refractivity contribution < 1.29 is 4.39 Å². The molecule has 0 bridgehead atoms. The Hall–Kier alpha value is -1.65. The van der Waals surface area contributed by atoms with Crippen molar-refractivity contribution in [2.45, 2.75) is 6.54 Å². The van der Waals surface area contributed by atoms with Crippen LogP contribution in [0.2, 0.25) is 5.02 Å². The molecular formula is C13H13ClFN3. The number of hydrogen-bond donors (Lipinski definition) is 1. The second-order valence-corrected chi connectivity index (χ2v) is 4.27. The first-order chi connectivity index (χ1) is 8.63.